The van der Waals surface area contributed by atoms with Crippen molar-refractivity contribution in [1.82, 2.24) is 4.98 Å². The van der Waals surface area contributed by atoms with E-state index in [1.165, 1.54) is 5.57 Å². The number of ether oxygens (including phenoxy) is 1. The van der Waals surface area contributed by atoms with E-state index < -0.39 is 0 Å². The van der Waals surface area contributed by atoms with Gasteiger partial charge in [0.1, 0.15) is 5.83 Å². The standard InChI is InChI=1S/C21H25FN2O2/c1-3-26-21(25)20-19-14-7-5-13(6-8-14)18(19)17(11-23-20)24-16-10-12(2)4-9-15(16)22/h10-11,13-14,24H,3-9H2,1-2H3. The van der Waals surface area contributed by atoms with Gasteiger partial charge in [-0.25, -0.2) is 14.2 Å². The number of pyridine rings is 1. The number of carbonyl (C=O) groups is 1. The molecule has 5 heteroatoms. The summed E-state index contributed by atoms with van der Waals surface area (Å²) in [4.78, 5) is 16.8. The summed E-state index contributed by atoms with van der Waals surface area (Å²) in [5.41, 5.74) is 5.18. The van der Waals surface area contributed by atoms with E-state index in [2.05, 4.69) is 10.3 Å². The van der Waals surface area contributed by atoms with E-state index in [1.807, 2.05) is 13.0 Å². The molecule has 4 aliphatic rings. The van der Waals surface area contributed by atoms with Crippen molar-refractivity contribution in [3.63, 3.8) is 0 Å². The molecule has 4 aliphatic carbocycles. The minimum Gasteiger partial charge on any atom is -0.461 e. The molecule has 1 heterocycles. The molecule has 1 fully saturated rings. The Balaban J connectivity index is 1.78. The third-order valence-corrected chi connectivity index (χ3v) is 5.86. The smallest absolute Gasteiger partial charge is 0.357 e. The molecule has 1 saturated carbocycles. The largest absolute Gasteiger partial charge is 0.461 e. The summed E-state index contributed by atoms with van der Waals surface area (Å²) in [6.45, 7) is 4.17. The van der Waals surface area contributed by atoms with E-state index in [0.29, 0.717) is 36.3 Å². The van der Waals surface area contributed by atoms with Crippen LogP contribution in [-0.2, 0) is 4.74 Å². The summed E-state index contributed by atoms with van der Waals surface area (Å²) >= 11 is 0. The first-order valence-electron chi connectivity index (χ1n) is 9.61. The number of aromatic nitrogens is 1. The van der Waals surface area contributed by atoms with Crippen molar-refractivity contribution in [3.05, 3.63) is 46.2 Å². The van der Waals surface area contributed by atoms with Gasteiger partial charge in [0.15, 0.2) is 5.69 Å². The molecule has 0 spiro atoms. The fourth-order valence-corrected chi connectivity index (χ4v) is 4.61. The van der Waals surface area contributed by atoms with E-state index >= 15 is 0 Å². The lowest BCUT2D eigenvalue weighted by Crippen LogP contribution is -2.27. The zero-order chi connectivity index (χ0) is 18.3. The van der Waals surface area contributed by atoms with Crippen LogP contribution in [0, 0.1) is 0 Å². The second-order valence-corrected chi connectivity index (χ2v) is 7.55. The third-order valence-electron chi connectivity index (χ3n) is 5.86. The van der Waals surface area contributed by atoms with Crippen LogP contribution < -0.4 is 5.32 Å². The van der Waals surface area contributed by atoms with Crippen molar-refractivity contribution in [2.75, 3.05) is 11.9 Å². The molecule has 0 atom stereocenters. The lowest BCUT2D eigenvalue weighted by atomic mass is 9.66. The van der Waals surface area contributed by atoms with Crippen LogP contribution in [0.5, 0.6) is 0 Å². The number of hydrogen-bond acceptors (Lipinski definition) is 4. The summed E-state index contributed by atoms with van der Waals surface area (Å²) in [6, 6.07) is 0. The number of esters is 1. The van der Waals surface area contributed by atoms with E-state index in [1.54, 1.807) is 13.1 Å². The molecular weight excluding hydrogens is 331 g/mol. The van der Waals surface area contributed by atoms with Crippen LogP contribution in [0.3, 0.4) is 0 Å². The Morgan fingerprint density at radius 3 is 2.62 bits per heavy atom. The topological polar surface area (TPSA) is 51.2 Å². The maximum absolute atomic E-state index is 14.3. The predicted octanol–water partition coefficient (Wildman–Crippen LogP) is 5.35. The van der Waals surface area contributed by atoms with E-state index in [0.717, 1.165) is 48.9 Å². The van der Waals surface area contributed by atoms with Gasteiger partial charge in [0.25, 0.3) is 0 Å². The Hall–Kier alpha value is -2.17. The number of fused-ring (bicyclic) bond motifs is 2. The zero-order valence-corrected chi connectivity index (χ0v) is 15.4. The van der Waals surface area contributed by atoms with Crippen LogP contribution in [0.25, 0.3) is 0 Å². The highest BCUT2D eigenvalue weighted by molar-refractivity contribution is 5.91. The molecule has 26 heavy (non-hydrogen) atoms. The summed E-state index contributed by atoms with van der Waals surface area (Å²) in [5, 5.41) is 3.29. The molecule has 1 N–H and O–H groups in total. The maximum atomic E-state index is 14.3. The fourth-order valence-electron chi connectivity index (χ4n) is 4.61. The molecule has 1 aromatic rings. The van der Waals surface area contributed by atoms with E-state index in [-0.39, 0.29) is 11.8 Å². The number of halogens is 1. The Kier molecular flexibility index (Phi) is 4.55. The minimum absolute atomic E-state index is 0.111. The summed E-state index contributed by atoms with van der Waals surface area (Å²) in [6.07, 6.45) is 9.18. The van der Waals surface area contributed by atoms with Gasteiger partial charge < -0.3 is 10.1 Å². The quantitative estimate of drug-likeness (QED) is 0.739. The van der Waals surface area contributed by atoms with Crippen molar-refractivity contribution >= 4 is 11.7 Å². The number of hydrogen-bond donors (Lipinski definition) is 1. The molecule has 138 valence electrons. The molecule has 0 aromatic carbocycles. The Bertz CT molecular complexity index is 804. The molecule has 0 amide bonds. The van der Waals surface area contributed by atoms with Crippen LogP contribution in [0.4, 0.5) is 10.1 Å². The number of carbonyl (C=O) groups excluding carboxylic acids is 1. The first kappa shape index (κ1) is 17.3. The van der Waals surface area contributed by atoms with Gasteiger partial charge >= 0.3 is 5.97 Å². The van der Waals surface area contributed by atoms with Crippen LogP contribution in [0.2, 0.25) is 0 Å². The van der Waals surface area contributed by atoms with Gasteiger partial charge in [-0.3, -0.25) is 0 Å². The maximum Gasteiger partial charge on any atom is 0.357 e. The zero-order valence-electron chi connectivity index (χ0n) is 15.4. The highest BCUT2D eigenvalue weighted by Gasteiger charge is 2.38. The number of nitrogens with zero attached hydrogens (tertiary/aromatic N) is 1. The van der Waals surface area contributed by atoms with Gasteiger partial charge in [0, 0.05) is 6.42 Å². The molecule has 4 nitrogen and oxygen atoms in total. The van der Waals surface area contributed by atoms with Gasteiger partial charge in [0.05, 0.1) is 24.2 Å². The van der Waals surface area contributed by atoms with Crippen LogP contribution >= 0.6 is 0 Å². The summed E-state index contributed by atoms with van der Waals surface area (Å²) < 4.78 is 19.5. The van der Waals surface area contributed by atoms with Crippen molar-refractivity contribution in [3.8, 4) is 0 Å². The molecular formula is C21H25FN2O2. The van der Waals surface area contributed by atoms with Crippen molar-refractivity contribution < 1.29 is 13.9 Å². The van der Waals surface area contributed by atoms with Crippen LogP contribution in [0.1, 0.15) is 85.8 Å². The molecule has 2 bridgehead atoms. The Morgan fingerprint density at radius 2 is 1.92 bits per heavy atom. The predicted molar refractivity (Wildman–Crippen MR) is 98.9 cm³/mol. The molecule has 5 rings (SSSR count). The fraction of sp³-hybridized carbons (Fsp3) is 0.524. The monoisotopic (exact) mass is 356 g/mol. The molecule has 0 unspecified atom stereocenters. The van der Waals surface area contributed by atoms with Crippen molar-refractivity contribution in [2.24, 2.45) is 0 Å². The molecule has 0 radical (unpaired) electrons. The highest BCUT2D eigenvalue weighted by atomic mass is 19.1. The lowest BCUT2D eigenvalue weighted by molar-refractivity contribution is 0.0516. The van der Waals surface area contributed by atoms with Crippen molar-refractivity contribution in [1.29, 1.82) is 0 Å². The lowest BCUT2D eigenvalue weighted by Gasteiger charge is -2.40. The average Bonchev–Trinajstić information content (AvgIpc) is 2.66. The average molecular weight is 356 g/mol. The number of nitrogens with one attached hydrogen (secondary N) is 1. The van der Waals surface area contributed by atoms with Crippen molar-refractivity contribution in [2.45, 2.75) is 64.2 Å². The SMILES string of the molecule is CCOC(=O)c1ncc(NC2=C(F)CCC(C)=C2)c2c1C1CCC2CC1. The second kappa shape index (κ2) is 6.86. The second-order valence-electron chi connectivity index (χ2n) is 7.55. The third kappa shape index (κ3) is 2.93. The Labute approximate surface area is 153 Å². The number of rotatable bonds is 4. The number of allylic oxidation sites excluding steroid dienone is 3. The highest BCUT2D eigenvalue weighted by Crippen LogP contribution is 2.52. The first-order chi connectivity index (χ1) is 12.6. The van der Waals surface area contributed by atoms with E-state index in [4.69, 9.17) is 4.74 Å². The van der Waals surface area contributed by atoms with E-state index in [9.17, 15) is 9.18 Å². The van der Waals surface area contributed by atoms with Gasteiger partial charge in [0.2, 0.25) is 0 Å². The van der Waals surface area contributed by atoms with Gasteiger partial charge in [-0.1, -0.05) is 5.57 Å². The van der Waals surface area contributed by atoms with Crippen LogP contribution in [0.15, 0.2) is 29.4 Å². The van der Waals surface area contributed by atoms with Gasteiger partial charge in [-0.15, -0.1) is 0 Å². The van der Waals surface area contributed by atoms with Crippen LogP contribution in [-0.4, -0.2) is 17.6 Å². The minimum atomic E-state index is -0.346. The molecule has 0 aliphatic heterocycles. The van der Waals surface area contributed by atoms with Gasteiger partial charge in [-0.05, 0) is 75.0 Å². The normalized spacial score (nSPS) is 24.2. The molecule has 0 saturated heterocycles. The summed E-state index contributed by atoms with van der Waals surface area (Å²) in [7, 11) is 0. The number of anilines is 1. The van der Waals surface area contributed by atoms with Gasteiger partial charge in [-0.2, -0.15) is 0 Å². The molecule has 1 aromatic heterocycles. The Morgan fingerprint density at radius 1 is 1.23 bits per heavy atom. The summed E-state index contributed by atoms with van der Waals surface area (Å²) in [5.74, 6) is 0.304. The first-order valence-corrected chi connectivity index (χ1v) is 9.61.